The van der Waals surface area contributed by atoms with Crippen LogP contribution in [0.5, 0.6) is 0 Å². The first-order chi connectivity index (χ1) is 18.4. The Morgan fingerprint density at radius 1 is 1.13 bits per heavy atom. The van der Waals surface area contributed by atoms with Crippen LogP contribution in [-0.4, -0.2) is 63.6 Å². The minimum Gasteiger partial charge on any atom is -0.387 e. The lowest BCUT2D eigenvalue weighted by molar-refractivity contribution is -0.135. The van der Waals surface area contributed by atoms with Gasteiger partial charge in [-0.2, -0.15) is 0 Å². The van der Waals surface area contributed by atoms with Crippen LogP contribution in [0.15, 0.2) is 54.7 Å². The van der Waals surface area contributed by atoms with Crippen molar-refractivity contribution >= 4 is 34.7 Å². The maximum atomic E-state index is 11.8. The number of carbonyl (C=O) groups is 1. The molecule has 0 atom stereocenters. The Labute approximate surface area is 229 Å². The van der Waals surface area contributed by atoms with Gasteiger partial charge in [0.1, 0.15) is 6.61 Å². The number of allylic oxidation sites excluding steroid dienone is 1. The van der Waals surface area contributed by atoms with Crippen molar-refractivity contribution in [1.29, 1.82) is 0 Å². The summed E-state index contributed by atoms with van der Waals surface area (Å²) >= 11 is 6.56. The summed E-state index contributed by atoms with van der Waals surface area (Å²) in [7, 11) is 0. The van der Waals surface area contributed by atoms with Gasteiger partial charge >= 0.3 is 0 Å². The molecular weight excluding hydrogens is 498 g/mol. The molecule has 2 aromatic carbocycles. The number of nitrogens with zero attached hydrogens (tertiary/aromatic N) is 4. The second-order valence-corrected chi connectivity index (χ2v) is 10.5. The molecule has 0 bridgehead atoms. The van der Waals surface area contributed by atoms with E-state index in [1.807, 2.05) is 13.0 Å². The molecule has 2 fully saturated rings. The fraction of sp³-hybridized carbons (Fsp3) is 0.367. The van der Waals surface area contributed by atoms with Crippen LogP contribution in [0.1, 0.15) is 53.6 Å². The molecule has 5 rings (SSSR count). The quantitative estimate of drug-likeness (QED) is 0.418. The number of nitrogens with one attached hydrogen (secondary N) is 1. The second-order valence-electron chi connectivity index (χ2n) is 10.1. The van der Waals surface area contributed by atoms with Crippen molar-refractivity contribution in [3.63, 3.8) is 0 Å². The van der Waals surface area contributed by atoms with Crippen LogP contribution < -0.4 is 5.32 Å². The number of piperazine rings is 1. The number of halogens is 1. The predicted molar refractivity (Wildman–Crippen MR) is 152 cm³/mol. The number of hydrogen-bond acceptors (Lipinski definition) is 6. The van der Waals surface area contributed by atoms with Crippen molar-refractivity contribution in [2.75, 3.05) is 38.1 Å². The van der Waals surface area contributed by atoms with Crippen molar-refractivity contribution in [2.24, 2.45) is 0 Å². The highest BCUT2D eigenvalue weighted by Gasteiger charge is 2.25. The van der Waals surface area contributed by atoms with E-state index in [4.69, 9.17) is 21.7 Å². The minimum absolute atomic E-state index is 0.197. The molecule has 3 aromatic rings. The summed E-state index contributed by atoms with van der Waals surface area (Å²) < 4.78 is 0. The number of aliphatic hydroxyl groups excluding tert-OH is 1. The van der Waals surface area contributed by atoms with Crippen LogP contribution in [0, 0.1) is 6.92 Å². The van der Waals surface area contributed by atoms with Gasteiger partial charge in [-0.25, -0.2) is 9.97 Å². The molecule has 38 heavy (non-hydrogen) atoms. The molecular formula is C30H34ClN5O2. The van der Waals surface area contributed by atoms with Crippen molar-refractivity contribution in [1.82, 2.24) is 19.8 Å². The lowest BCUT2D eigenvalue weighted by atomic mass is 10.0. The zero-order valence-corrected chi connectivity index (χ0v) is 22.7. The predicted octanol–water partition coefficient (Wildman–Crippen LogP) is 5.15. The molecule has 1 saturated heterocycles. The molecule has 0 spiro atoms. The molecule has 2 N–H and O–H groups in total. The number of amides is 1. The molecule has 1 aliphatic carbocycles. The number of anilines is 2. The Balaban J connectivity index is 1.35. The van der Waals surface area contributed by atoms with E-state index in [2.05, 4.69) is 64.6 Å². The van der Waals surface area contributed by atoms with Gasteiger partial charge in [-0.1, -0.05) is 53.6 Å². The van der Waals surface area contributed by atoms with Gasteiger partial charge in [-0.3, -0.25) is 9.69 Å². The first kappa shape index (κ1) is 26.4. The first-order valence-corrected chi connectivity index (χ1v) is 13.6. The molecule has 198 valence electrons. The summed E-state index contributed by atoms with van der Waals surface area (Å²) in [6.07, 6.45) is 6.12. The highest BCUT2D eigenvalue weighted by Crippen LogP contribution is 2.41. The minimum atomic E-state index is -0.423. The third-order valence-electron chi connectivity index (χ3n) is 7.24. The number of aliphatic hydroxyl groups is 1. The normalized spacial score (nSPS) is 16.5. The van der Waals surface area contributed by atoms with E-state index in [9.17, 15) is 4.79 Å². The molecule has 0 radical (unpaired) electrons. The van der Waals surface area contributed by atoms with Crippen molar-refractivity contribution in [2.45, 2.75) is 39.2 Å². The van der Waals surface area contributed by atoms with Crippen molar-refractivity contribution < 1.29 is 9.90 Å². The Morgan fingerprint density at radius 3 is 2.53 bits per heavy atom. The number of benzene rings is 2. The van der Waals surface area contributed by atoms with Crippen LogP contribution in [0.3, 0.4) is 0 Å². The van der Waals surface area contributed by atoms with Gasteiger partial charge in [0.25, 0.3) is 0 Å². The first-order valence-electron chi connectivity index (χ1n) is 13.2. The smallest absolute Gasteiger partial charge is 0.248 e. The standard InChI is InChI=1S/C30H34ClN5O2/c1-3-26(23-6-4-20(2)5-7-23)29-27(31)17-32-30(34-29)33-25-15-21(14-24(16-25)22-8-9-22)18-35-10-12-36(13-11-35)28(38)19-37/h3-7,14-17,22,37H,8-13,18-19H2,1-2H3,(H,32,33,34)/b26-3+. The third kappa shape index (κ3) is 6.23. The topological polar surface area (TPSA) is 81.6 Å². The Morgan fingerprint density at radius 2 is 1.87 bits per heavy atom. The zero-order valence-electron chi connectivity index (χ0n) is 22.0. The number of carbonyl (C=O) groups excluding carboxylic acids is 1. The number of hydrogen-bond donors (Lipinski definition) is 2. The van der Waals surface area contributed by atoms with Crippen LogP contribution >= 0.6 is 11.6 Å². The maximum Gasteiger partial charge on any atom is 0.248 e. The summed E-state index contributed by atoms with van der Waals surface area (Å²) in [6.45, 7) is 7.30. The maximum absolute atomic E-state index is 11.8. The number of aromatic nitrogens is 2. The third-order valence-corrected chi connectivity index (χ3v) is 7.51. The van der Waals surface area contributed by atoms with E-state index < -0.39 is 6.61 Å². The highest BCUT2D eigenvalue weighted by molar-refractivity contribution is 6.32. The van der Waals surface area contributed by atoms with Crippen LogP contribution in [-0.2, 0) is 11.3 Å². The summed E-state index contributed by atoms with van der Waals surface area (Å²) in [4.78, 5) is 25.2. The average molecular weight is 532 g/mol. The molecule has 2 heterocycles. The van der Waals surface area contributed by atoms with Gasteiger partial charge in [0.15, 0.2) is 0 Å². The van der Waals surface area contributed by atoms with E-state index in [0.717, 1.165) is 36.5 Å². The summed E-state index contributed by atoms with van der Waals surface area (Å²) in [5, 5.41) is 13.1. The Hall–Kier alpha value is -3.26. The molecule has 1 aromatic heterocycles. The van der Waals surface area contributed by atoms with Crippen molar-refractivity contribution in [3.8, 4) is 0 Å². The monoisotopic (exact) mass is 531 g/mol. The van der Waals surface area contributed by atoms with E-state index >= 15 is 0 Å². The van der Waals surface area contributed by atoms with Gasteiger partial charge < -0.3 is 15.3 Å². The Kier molecular flexibility index (Phi) is 8.07. The molecule has 7 nitrogen and oxygen atoms in total. The zero-order chi connectivity index (χ0) is 26.6. The fourth-order valence-electron chi connectivity index (χ4n) is 4.97. The fourth-order valence-corrected chi connectivity index (χ4v) is 5.16. The number of aryl methyl sites for hydroxylation is 1. The van der Waals surface area contributed by atoms with Crippen molar-refractivity contribution in [3.05, 3.63) is 87.7 Å². The lowest BCUT2D eigenvalue weighted by Crippen LogP contribution is -2.49. The molecule has 1 saturated carbocycles. The van der Waals surface area contributed by atoms with Gasteiger partial charge in [-0.15, -0.1) is 0 Å². The van der Waals surface area contributed by atoms with Gasteiger partial charge in [0, 0.05) is 44.0 Å². The van der Waals surface area contributed by atoms with Crippen LogP contribution in [0.2, 0.25) is 5.02 Å². The van der Waals surface area contributed by atoms with Gasteiger partial charge in [0.2, 0.25) is 11.9 Å². The number of rotatable bonds is 8. The largest absolute Gasteiger partial charge is 0.387 e. The van der Waals surface area contributed by atoms with Crippen LogP contribution in [0.4, 0.5) is 11.6 Å². The van der Waals surface area contributed by atoms with E-state index in [1.54, 1.807) is 11.1 Å². The van der Waals surface area contributed by atoms with Gasteiger partial charge in [0.05, 0.1) is 16.9 Å². The van der Waals surface area contributed by atoms with Crippen LogP contribution in [0.25, 0.3) is 5.57 Å². The molecule has 8 heteroatoms. The second kappa shape index (κ2) is 11.6. The van der Waals surface area contributed by atoms with Gasteiger partial charge in [-0.05, 0) is 61.4 Å². The summed E-state index contributed by atoms with van der Waals surface area (Å²) in [5.41, 5.74) is 7.44. The lowest BCUT2D eigenvalue weighted by Gasteiger charge is -2.34. The average Bonchev–Trinajstić information content (AvgIpc) is 3.78. The summed E-state index contributed by atoms with van der Waals surface area (Å²) in [6, 6.07) is 15.0. The molecule has 2 aliphatic rings. The molecule has 0 unspecified atom stereocenters. The summed E-state index contributed by atoms with van der Waals surface area (Å²) in [5.74, 6) is 0.913. The Bertz CT molecular complexity index is 1330. The highest BCUT2D eigenvalue weighted by atomic mass is 35.5. The molecule has 1 amide bonds. The molecule has 1 aliphatic heterocycles. The van der Waals surface area contributed by atoms with E-state index in [1.165, 1.54) is 29.5 Å². The van der Waals surface area contributed by atoms with E-state index in [0.29, 0.717) is 35.7 Å². The SMILES string of the molecule is C/C=C(\c1ccc(C)cc1)c1nc(Nc2cc(CN3CCN(C(=O)CO)CC3)cc(C3CC3)c2)ncc1Cl. The van der Waals surface area contributed by atoms with E-state index in [-0.39, 0.29) is 5.91 Å².